The topological polar surface area (TPSA) is 47.6 Å². The molecule has 0 spiro atoms. The zero-order valence-electron chi connectivity index (χ0n) is 15.6. The molecular weight excluding hydrogens is 314 g/mol. The predicted octanol–water partition coefficient (Wildman–Crippen LogP) is 3.96. The maximum atomic E-state index is 12.3. The Kier molecular flexibility index (Phi) is 6.45. The molecule has 0 heterocycles. The van der Waals surface area contributed by atoms with Crippen molar-refractivity contribution >= 4 is 5.91 Å². The summed E-state index contributed by atoms with van der Waals surface area (Å²) in [7, 11) is 0. The highest BCUT2D eigenvalue weighted by atomic mass is 16.5. The molecule has 2 atom stereocenters. The molecule has 134 valence electrons. The van der Waals surface area contributed by atoms with Gasteiger partial charge >= 0.3 is 0 Å². The van der Waals surface area contributed by atoms with E-state index in [1.807, 2.05) is 64.1 Å². The minimum Gasteiger partial charge on any atom is -0.491 e. The van der Waals surface area contributed by atoms with Crippen molar-refractivity contribution in [1.29, 1.82) is 0 Å². The Morgan fingerprint density at radius 2 is 1.52 bits per heavy atom. The minimum atomic E-state index is -0.567. The number of hydrogen-bond acceptors (Lipinski definition) is 3. The van der Waals surface area contributed by atoms with E-state index in [9.17, 15) is 4.79 Å². The summed E-state index contributed by atoms with van der Waals surface area (Å²) < 4.78 is 11.5. The van der Waals surface area contributed by atoms with E-state index in [-0.39, 0.29) is 11.9 Å². The van der Waals surface area contributed by atoms with Crippen LogP contribution in [0.1, 0.15) is 30.5 Å². The lowest BCUT2D eigenvalue weighted by Crippen LogP contribution is -2.43. The number of amides is 1. The van der Waals surface area contributed by atoms with Crippen LogP contribution in [0.25, 0.3) is 0 Å². The standard InChI is InChI=1S/C21H27NO3/c1-14-6-8-19(9-7-14)24-13-17(4)22-21(23)18(5)25-20-11-15(2)10-16(3)12-20/h6-12,17-18H,13H2,1-5H3,(H,22,23). The van der Waals surface area contributed by atoms with E-state index in [2.05, 4.69) is 11.4 Å². The Morgan fingerprint density at radius 3 is 2.12 bits per heavy atom. The average molecular weight is 341 g/mol. The predicted molar refractivity (Wildman–Crippen MR) is 100 cm³/mol. The Balaban J connectivity index is 1.82. The quantitative estimate of drug-likeness (QED) is 0.829. The smallest absolute Gasteiger partial charge is 0.261 e. The van der Waals surface area contributed by atoms with E-state index < -0.39 is 6.10 Å². The molecule has 4 nitrogen and oxygen atoms in total. The van der Waals surface area contributed by atoms with Gasteiger partial charge in [0.05, 0.1) is 6.04 Å². The molecule has 0 aliphatic rings. The molecule has 0 aliphatic heterocycles. The molecule has 0 radical (unpaired) electrons. The Labute approximate surface area is 150 Å². The molecular formula is C21H27NO3. The lowest BCUT2D eigenvalue weighted by atomic mass is 10.1. The number of hydrogen-bond donors (Lipinski definition) is 1. The summed E-state index contributed by atoms with van der Waals surface area (Å²) in [4.78, 5) is 12.3. The lowest BCUT2D eigenvalue weighted by Gasteiger charge is -2.19. The lowest BCUT2D eigenvalue weighted by molar-refractivity contribution is -0.128. The molecule has 4 heteroatoms. The van der Waals surface area contributed by atoms with Crippen molar-refractivity contribution < 1.29 is 14.3 Å². The summed E-state index contributed by atoms with van der Waals surface area (Å²) >= 11 is 0. The average Bonchev–Trinajstić information content (AvgIpc) is 2.53. The Morgan fingerprint density at radius 1 is 0.920 bits per heavy atom. The molecule has 0 bridgehead atoms. The van der Waals surface area contributed by atoms with Gasteiger partial charge in [0.1, 0.15) is 18.1 Å². The molecule has 0 fully saturated rings. The first kappa shape index (κ1) is 18.8. The molecule has 0 saturated heterocycles. The van der Waals surface area contributed by atoms with Gasteiger partial charge in [0, 0.05) is 0 Å². The van der Waals surface area contributed by atoms with Crippen LogP contribution in [0.4, 0.5) is 0 Å². The first-order valence-electron chi connectivity index (χ1n) is 8.58. The normalized spacial score (nSPS) is 13.0. The number of nitrogens with one attached hydrogen (secondary N) is 1. The second-order valence-electron chi connectivity index (χ2n) is 6.62. The zero-order chi connectivity index (χ0) is 18.4. The molecule has 1 N–H and O–H groups in total. The monoisotopic (exact) mass is 341 g/mol. The number of aryl methyl sites for hydroxylation is 3. The van der Waals surface area contributed by atoms with Gasteiger partial charge in [-0.2, -0.15) is 0 Å². The molecule has 2 aromatic rings. The fraction of sp³-hybridized carbons (Fsp3) is 0.381. The van der Waals surface area contributed by atoms with E-state index >= 15 is 0 Å². The summed E-state index contributed by atoms with van der Waals surface area (Å²) in [6.45, 7) is 10.1. The highest BCUT2D eigenvalue weighted by Crippen LogP contribution is 2.17. The van der Waals surface area contributed by atoms with E-state index in [0.717, 1.165) is 16.9 Å². The molecule has 0 aromatic heterocycles. The van der Waals surface area contributed by atoms with Gasteiger partial charge in [-0.1, -0.05) is 23.8 Å². The molecule has 0 aliphatic carbocycles. The number of carbonyl (C=O) groups is 1. The van der Waals surface area contributed by atoms with Gasteiger partial charge in [-0.05, 0) is 70.0 Å². The maximum Gasteiger partial charge on any atom is 0.261 e. The second-order valence-corrected chi connectivity index (χ2v) is 6.62. The molecule has 25 heavy (non-hydrogen) atoms. The minimum absolute atomic E-state index is 0.112. The van der Waals surface area contributed by atoms with Crippen molar-refractivity contribution in [1.82, 2.24) is 5.32 Å². The number of benzene rings is 2. The number of rotatable bonds is 7. The first-order valence-corrected chi connectivity index (χ1v) is 8.58. The third kappa shape index (κ3) is 6.14. The molecule has 2 rings (SSSR count). The van der Waals surface area contributed by atoms with Gasteiger partial charge in [0.15, 0.2) is 6.10 Å². The van der Waals surface area contributed by atoms with Gasteiger partial charge in [-0.25, -0.2) is 0 Å². The summed E-state index contributed by atoms with van der Waals surface area (Å²) in [5, 5.41) is 2.92. The van der Waals surface area contributed by atoms with Crippen LogP contribution in [0.5, 0.6) is 11.5 Å². The van der Waals surface area contributed by atoms with Crippen molar-refractivity contribution in [2.45, 2.75) is 46.8 Å². The van der Waals surface area contributed by atoms with Crippen LogP contribution >= 0.6 is 0 Å². The van der Waals surface area contributed by atoms with E-state index in [1.165, 1.54) is 5.56 Å². The summed E-state index contributed by atoms with van der Waals surface area (Å²) in [6, 6.07) is 13.7. The highest BCUT2D eigenvalue weighted by molar-refractivity contribution is 5.81. The van der Waals surface area contributed by atoms with Crippen LogP contribution in [-0.2, 0) is 4.79 Å². The van der Waals surface area contributed by atoms with E-state index in [4.69, 9.17) is 9.47 Å². The van der Waals surface area contributed by atoms with Crippen molar-refractivity contribution in [2.24, 2.45) is 0 Å². The van der Waals surface area contributed by atoms with Crippen molar-refractivity contribution in [3.63, 3.8) is 0 Å². The van der Waals surface area contributed by atoms with Crippen molar-refractivity contribution in [3.05, 3.63) is 59.2 Å². The van der Waals surface area contributed by atoms with Crippen molar-refractivity contribution in [2.75, 3.05) is 6.61 Å². The summed E-state index contributed by atoms with van der Waals surface area (Å²) in [5.74, 6) is 1.36. The van der Waals surface area contributed by atoms with Crippen LogP contribution in [0, 0.1) is 20.8 Å². The van der Waals surface area contributed by atoms with Crippen LogP contribution in [0.2, 0.25) is 0 Å². The highest BCUT2D eigenvalue weighted by Gasteiger charge is 2.17. The Bertz CT molecular complexity index is 689. The third-order valence-corrected chi connectivity index (χ3v) is 3.79. The second kappa shape index (κ2) is 8.56. The summed E-state index contributed by atoms with van der Waals surface area (Å²) in [6.07, 6.45) is -0.567. The molecule has 2 unspecified atom stereocenters. The Hall–Kier alpha value is -2.49. The van der Waals surface area contributed by atoms with Crippen molar-refractivity contribution in [3.8, 4) is 11.5 Å². The zero-order valence-corrected chi connectivity index (χ0v) is 15.6. The summed E-state index contributed by atoms with van der Waals surface area (Å²) in [5.41, 5.74) is 3.41. The van der Waals surface area contributed by atoms with Gasteiger partial charge in [0.2, 0.25) is 0 Å². The number of ether oxygens (including phenoxy) is 2. The SMILES string of the molecule is Cc1ccc(OCC(C)NC(=O)C(C)Oc2cc(C)cc(C)c2)cc1. The largest absolute Gasteiger partial charge is 0.491 e. The van der Waals surface area contributed by atoms with Gasteiger partial charge in [-0.15, -0.1) is 0 Å². The fourth-order valence-electron chi connectivity index (χ4n) is 2.52. The van der Waals surface area contributed by atoms with Gasteiger partial charge in [-0.3, -0.25) is 4.79 Å². The van der Waals surface area contributed by atoms with E-state index in [0.29, 0.717) is 12.4 Å². The first-order chi connectivity index (χ1) is 11.8. The fourth-order valence-corrected chi connectivity index (χ4v) is 2.52. The van der Waals surface area contributed by atoms with Gasteiger partial charge in [0.25, 0.3) is 5.91 Å². The van der Waals surface area contributed by atoms with E-state index in [1.54, 1.807) is 6.92 Å². The van der Waals surface area contributed by atoms with Crippen LogP contribution in [0.15, 0.2) is 42.5 Å². The van der Waals surface area contributed by atoms with Crippen LogP contribution in [-0.4, -0.2) is 24.7 Å². The van der Waals surface area contributed by atoms with Crippen LogP contribution < -0.4 is 14.8 Å². The molecule has 1 amide bonds. The molecule has 0 saturated carbocycles. The van der Waals surface area contributed by atoms with Gasteiger partial charge < -0.3 is 14.8 Å². The number of carbonyl (C=O) groups excluding carboxylic acids is 1. The van der Waals surface area contributed by atoms with Crippen LogP contribution in [0.3, 0.4) is 0 Å². The third-order valence-electron chi connectivity index (χ3n) is 3.79. The maximum absolute atomic E-state index is 12.3. The molecule has 2 aromatic carbocycles.